The van der Waals surface area contributed by atoms with Crippen molar-refractivity contribution in [1.82, 2.24) is 15.4 Å². The molecule has 0 saturated carbocycles. The molecule has 1 atom stereocenters. The standard InChI is InChI=1S/C23H25N3O4/c1-28-21-10-6-5-9-18(21)20(26-11-13-29-14-12-26)16-24-23(27)19-15-22(30-25-19)17-7-3-2-4-8-17/h2-10,15,20H,11-14,16H2,1H3,(H,24,27). The highest BCUT2D eigenvalue weighted by Crippen LogP contribution is 2.29. The molecule has 1 amide bonds. The van der Waals surface area contributed by atoms with Gasteiger partial charge in [0.2, 0.25) is 0 Å². The van der Waals surface area contributed by atoms with Crippen LogP contribution < -0.4 is 10.1 Å². The van der Waals surface area contributed by atoms with Crippen LogP contribution in [0.3, 0.4) is 0 Å². The lowest BCUT2D eigenvalue weighted by atomic mass is 10.0. The van der Waals surface area contributed by atoms with Crippen molar-refractivity contribution in [2.75, 3.05) is 40.0 Å². The van der Waals surface area contributed by atoms with Gasteiger partial charge in [-0.05, 0) is 6.07 Å². The number of hydrogen-bond donors (Lipinski definition) is 1. The number of carbonyl (C=O) groups excluding carboxylic acids is 1. The molecule has 7 heteroatoms. The zero-order valence-corrected chi connectivity index (χ0v) is 16.9. The lowest BCUT2D eigenvalue weighted by Crippen LogP contribution is -2.44. The summed E-state index contributed by atoms with van der Waals surface area (Å²) in [6.07, 6.45) is 0. The van der Waals surface area contributed by atoms with Crippen molar-refractivity contribution in [1.29, 1.82) is 0 Å². The molecular weight excluding hydrogens is 382 g/mol. The molecular formula is C23H25N3O4. The molecule has 1 aromatic heterocycles. The molecule has 1 fully saturated rings. The van der Waals surface area contributed by atoms with E-state index in [0.717, 1.165) is 30.0 Å². The van der Waals surface area contributed by atoms with E-state index in [2.05, 4.69) is 15.4 Å². The van der Waals surface area contributed by atoms with Crippen LogP contribution in [0.15, 0.2) is 65.2 Å². The highest BCUT2D eigenvalue weighted by Gasteiger charge is 2.26. The van der Waals surface area contributed by atoms with E-state index < -0.39 is 0 Å². The molecule has 1 aliphatic rings. The molecule has 1 N–H and O–H groups in total. The van der Waals surface area contributed by atoms with Gasteiger partial charge in [0, 0.05) is 36.8 Å². The molecule has 156 valence electrons. The minimum Gasteiger partial charge on any atom is -0.496 e. The number of nitrogens with zero attached hydrogens (tertiary/aromatic N) is 2. The Labute approximate surface area is 175 Å². The van der Waals surface area contributed by atoms with Crippen LogP contribution in [0.2, 0.25) is 0 Å². The van der Waals surface area contributed by atoms with Crippen LogP contribution in [0.5, 0.6) is 5.75 Å². The third-order valence-corrected chi connectivity index (χ3v) is 5.24. The third kappa shape index (κ3) is 4.53. The van der Waals surface area contributed by atoms with Crippen molar-refractivity contribution in [3.8, 4) is 17.1 Å². The fourth-order valence-corrected chi connectivity index (χ4v) is 3.67. The normalized spacial score (nSPS) is 15.5. The van der Waals surface area contributed by atoms with Gasteiger partial charge in [-0.2, -0.15) is 0 Å². The number of morpholine rings is 1. The average Bonchev–Trinajstić information content (AvgIpc) is 3.31. The highest BCUT2D eigenvalue weighted by molar-refractivity contribution is 5.93. The molecule has 4 rings (SSSR count). The minimum absolute atomic E-state index is 0.0329. The van der Waals surface area contributed by atoms with E-state index in [1.165, 1.54) is 0 Å². The summed E-state index contributed by atoms with van der Waals surface area (Å²) in [6.45, 7) is 3.35. The van der Waals surface area contributed by atoms with Crippen LogP contribution in [0.1, 0.15) is 22.1 Å². The van der Waals surface area contributed by atoms with E-state index >= 15 is 0 Å². The summed E-state index contributed by atoms with van der Waals surface area (Å²) in [5.74, 6) is 1.10. The Morgan fingerprint density at radius 1 is 1.13 bits per heavy atom. The summed E-state index contributed by atoms with van der Waals surface area (Å²) in [6, 6.07) is 19.1. The molecule has 0 radical (unpaired) electrons. The zero-order chi connectivity index (χ0) is 20.8. The number of benzene rings is 2. The lowest BCUT2D eigenvalue weighted by Gasteiger charge is -2.35. The maximum absolute atomic E-state index is 12.8. The summed E-state index contributed by atoms with van der Waals surface area (Å²) in [4.78, 5) is 15.1. The summed E-state index contributed by atoms with van der Waals surface area (Å²) in [5, 5.41) is 6.96. The van der Waals surface area contributed by atoms with Crippen molar-refractivity contribution in [2.45, 2.75) is 6.04 Å². The zero-order valence-electron chi connectivity index (χ0n) is 16.9. The summed E-state index contributed by atoms with van der Waals surface area (Å²) in [7, 11) is 1.66. The SMILES string of the molecule is COc1ccccc1C(CNC(=O)c1cc(-c2ccccc2)on1)N1CCOCC1. The predicted molar refractivity (Wildman–Crippen MR) is 112 cm³/mol. The first-order chi connectivity index (χ1) is 14.8. The second-order valence-electron chi connectivity index (χ2n) is 7.06. The Bertz CT molecular complexity index is 967. The van der Waals surface area contributed by atoms with E-state index in [1.54, 1.807) is 13.2 Å². The van der Waals surface area contributed by atoms with Gasteiger partial charge in [-0.3, -0.25) is 9.69 Å². The van der Waals surface area contributed by atoms with E-state index in [1.807, 2.05) is 54.6 Å². The van der Waals surface area contributed by atoms with Gasteiger partial charge in [-0.15, -0.1) is 0 Å². The maximum atomic E-state index is 12.8. The number of rotatable bonds is 7. The van der Waals surface area contributed by atoms with Gasteiger partial charge in [0.05, 0.1) is 26.4 Å². The Morgan fingerprint density at radius 2 is 1.87 bits per heavy atom. The van der Waals surface area contributed by atoms with Gasteiger partial charge < -0.3 is 19.3 Å². The third-order valence-electron chi connectivity index (χ3n) is 5.24. The summed E-state index contributed by atoms with van der Waals surface area (Å²) >= 11 is 0. The van der Waals surface area contributed by atoms with Gasteiger partial charge in [-0.25, -0.2) is 0 Å². The molecule has 30 heavy (non-hydrogen) atoms. The first kappa shape index (κ1) is 20.1. The average molecular weight is 407 g/mol. The lowest BCUT2D eigenvalue weighted by molar-refractivity contribution is 0.0157. The largest absolute Gasteiger partial charge is 0.496 e. The maximum Gasteiger partial charge on any atom is 0.273 e. The molecule has 0 bridgehead atoms. The summed E-state index contributed by atoms with van der Waals surface area (Å²) < 4.78 is 16.4. The smallest absolute Gasteiger partial charge is 0.273 e. The molecule has 1 unspecified atom stereocenters. The van der Waals surface area contributed by atoms with Crippen molar-refractivity contribution < 1.29 is 18.8 Å². The van der Waals surface area contributed by atoms with Gasteiger partial charge in [0.1, 0.15) is 5.75 Å². The second kappa shape index (κ2) is 9.56. The van der Waals surface area contributed by atoms with Crippen LogP contribution in [0.25, 0.3) is 11.3 Å². The molecule has 1 aliphatic heterocycles. The summed E-state index contributed by atoms with van der Waals surface area (Å²) in [5.41, 5.74) is 2.17. The molecule has 7 nitrogen and oxygen atoms in total. The van der Waals surface area contributed by atoms with E-state index in [4.69, 9.17) is 14.0 Å². The molecule has 0 aliphatic carbocycles. The van der Waals surface area contributed by atoms with Crippen molar-refractivity contribution >= 4 is 5.91 Å². The van der Waals surface area contributed by atoms with Gasteiger partial charge >= 0.3 is 0 Å². The van der Waals surface area contributed by atoms with Crippen LogP contribution in [0, 0.1) is 0 Å². The Kier molecular flexibility index (Phi) is 6.41. The number of hydrogen-bond acceptors (Lipinski definition) is 6. The van der Waals surface area contributed by atoms with Crippen molar-refractivity contribution in [3.05, 3.63) is 71.9 Å². The van der Waals surface area contributed by atoms with E-state index in [9.17, 15) is 4.79 Å². The number of para-hydroxylation sites is 1. The van der Waals surface area contributed by atoms with Gasteiger partial charge in [0.25, 0.3) is 5.91 Å². The number of amides is 1. The molecule has 2 aromatic carbocycles. The number of carbonyl (C=O) groups is 1. The van der Waals surface area contributed by atoms with Crippen molar-refractivity contribution in [2.24, 2.45) is 0 Å². The fraction of sp³-hybridized carbons (Fsp3) is 0.304. The van der Waals surface area contributed by atoms with Gasteiger partial charge in [0.15, 0.2) is 11.5 Å². The molecule has 1 saturated heterocycles. The minimum atomic E-state index is -0.269. The van der Waals surface area contributed by atoms with Gasteiger partial charge in [-0.1, -0.05) is 53.7 Å². The Morgan fingerprint density at radius 3 is 2.63 bits per heavy atom. The first-order valence-electron chi connectivity index (χ1n) is 10.0. The number of nitrogens with one attached hydrogen (secondary N) is 1. The quantitative estimate of drug-likeness (QED) is 0.648. The Hall–Kier alpha value is -3.16. The highest BCUT2D eigenvalue weighted by atomic mass is 16.5. The number of methoxy groups -OCH3 is 1. The predicted octanol–water partition coefficient (Wildman–Crippen LogP) is 3.15. The number of aromatic nitrogens is 1. The first-order valence-corrected chi connectivity index (χ1v) is 10.0. The Balaban J connectivity index is 1.49. The number of ether oxygens (including phenoxy) is 2. The molecule has 2 heterocycles. The van der Waals surface area contributed by atoms with Crippen molar-refractivity contribution in [3.63, 3.8) is 0 Å². The van der Waals surface area contributed by atoms with Crippen LogP contribution >= 0.6 is 0 Å². The van der Waals surface area contributed by atoms with Crippen LogP contribution in [-0.2, 0) is 4.74 Å². The second-order valence-corrected chi connectivity index (χ2v) is 7.06. The molecule has 0 spiro atoms. The monoisotopic (exact) mass is 407 g/mol. The van der Waals surface area contributed by atoms with Crippen LogP contribution in [0.4, 0.5) is 0 Å². The fourth-order valence-electron chi connectivity index (χ4n) is 3.67. The van der Waals surface area contributed by atoms with E-state index in [-0.39, 0.29) is 17.6 Å². The molecule has 3 aromatic rings. The van der Waals surface area contributed by atoms with Crippen LogP contribution in [-0.4, -0.2) is 55.9 Å². The van der Waals surface area contributed by atoms with E-state index in [0.29, 0.717) is 25.5 Å². The topological polar surface area (TPSA) is 76.8 Å².